The highest BCUT2D eigenvalue weighted by molar-refractivity contribution is 5.85. The maximum atomic E-state index is 10.6. The summed E-state index contributed by atoms with van der Waals surface area (Å²) < 4.78 is 5.51. The van der Waals surface area contributed by atoms with E-state index in [1.165, 1.54) is 18.6 Å². The van der Waals surface area contributed by atoms with E-state index >= 15 is 0 Å². The van der Waals surface area contributed by atoms with Gasteiger partial charge in [-0.15, -0.1) is 12.4 Å². The molecule has 94 valence electrons. The summed E-state index contributed by atoms with van der Waals surface area (Å²) in [6.45, 7) is 1.60. The Hall–Kier alpha value is -1.33. The Bertz CT molecular complexity index is 381. The lowest BCUT2D eigenvalue weighted by Crippen LogP contribution is -2.28. The third-order valence-electron chi connectivity index (χ3n) is 2.64. The molecule has 0 bridgehead atoms. The number of nitrogens with one attached hydrogen (secondary N) is 1. The molecule has 6 heteroatoms. The molecule has 5 nitrogen and oxygen atoms in total. The SMILES string of the molecule is Cl.O=[N+]([O-])c1cccc(OC[C@@H]2CCCN2)c1. The first-order valence-electron chi connectivity index (χ1n) is 5.36. The van der Waals surface area contributed by atoms with Gasteiger partial charge in [-0.2, -0.15) is 0 Å². The average molecular weight is 259 g/mol. The molecule has 1 atom stereocenters. The summed E-state index contributed by atoms with van der Waals surface area (Å²) in [5, 5.41) is 13.9. The van der Waals surface area contributed by atoms with Crippen LogP contribution in [0.2, 0.25) is 0 Å². The van der Waals surface area contributed by atoms with E-state index in [9.17, 15) is 10.1 Å². The van der Waals surface area contributed by atoms with Crippen molar-refractivity contribution in [3.63, 3.8) is 0 Å². The van der Waals surface area contributed by atoms with Gasteiger partial charge in [0.25, 0.3) is 5.69 Å². The summed E-state index contributed by atoms with van der Waals surface area (Å²) in [6.07, 6.45) is 2.28. The van der Waals surface area contributed by atoms with Gasteiger partial charge in [-0.1, -0.05) is 6.07 Å². The van der Waals surface area contributed by atoms with Gasteiger partial charge in [0.1, 0.15) is 12.4 Å². The molecule has 0 aromatic heterocycles. The van der Waals surface area contributed by atoms with E-state index in [1.807, 2.05) is 0 Å². The fraction of sp³-hybridized carbons (Fsp3) is 0.455. The molecule has 1 aliphatic rings. The Kier molecular flexibility index (Phi) is 5.18. The van der Waals surface area contributed by atoms with Crippen LogP contribution in [-0.2, 0) is 0 Å². The summed E-state index contributed by atoms with van der Waals surface area (Å²) in [5.74, 6) is 0.558. The highest BCUT2D eigenvalue weighted by Gasteiger charge is 2.15. The van der Waals surface area contributed by atoms with E-state index in [0.29, 0.717) is 18.4 Å². The number of hydrogen-bond acceptors (Lipinski definition) is 4. The predicted molar refractivity (Wildman–Crippen MR) is 66.9 cm³/mol. The maximum Gasteiger partial charge on any atom is 0.273 e. The number of ether oxygens (including phenoxy) is 1. The molecule has 0 spiro atoms. The first-order chi connectivity index (χ1) is 7.75. The molecule has 1 fully saturated rings. The second-order valence-corrected chi connectivity index (χ2v) is 3.86. The van der Waals surface area contributed by atoms with Crippen LogP contribution in [0.1, 0.15) is 12.8 Å². The van der Waals surface area contributed by atoms with Crippen molar-refractivity contribution in [2.45, 2.75) is 18.9 Å². The average Bonchev–Trinajstić information content (AvgIpc) is 2.79. The molecule has 2 rings (SSSR count). The zero-order valence-corrected chi connectivity index (χ0v) is 10.1. The standard InChI is InChI=1S/C11H14N2O3.ClH/c14-13(15)10-4-1-5-11(7-10)16-8-9-3-2-6-12-9;/h1,4-5,7,9,12H,2-3,6,8H2;1H/t9-;/m0./s1. The smallest absolute Gasteiger partial charge is 0.273 e. The van der Waals surface area contributed by atoms with E-state index in [1.54, 1.807) is 12.1 Å². The van der Waals surface area contributed by atoms with Gasteiger partial charge in [0.2, 0.25) is 0 Å². The highest BCUT2D eigenvalue weighted by Crippen LogP contribution is 2.19. The Balaban J connectivity index is 0.00000144. The number of benzene rings is 1. The zero-order chi connectivity index (χ0) is 11.4. The van der Waals surface area contributed by atoms with Crippen LogP contribution in [0.4, 0.5) is 5.69 Å². The summed E-state index contributed by atoms with van der Waals surface area (Å²) in [7, 11) is 0. The Morgan fingerprint density at radius 3 is 3.00 bits per heavy atom. The predicted octanol–water partition coefficient (Wildman–Crippen LogP) is 2.15. The lowest BCUT2D eigenvalue weighted by Gasteiger charge is -2.11. The van der Waals surface area contributed by atoms with Crippen LogP contribution >= 0.6 is 12.4 Å². The van der Waals surface area contributed by atoms with Crippen molar-refractivity contribution in [1.82, 2.24) is 5.32 Å². The van der Waals surface area contributed by atoms with E-state index < -0.39 is 4.92 Å². The summed E-state index contributed by atoms with van der Waals surface area (Å²) >= 11 is 0. The minimum Gasteiger partial charge on any atom is -0.492 e. The van der Waals surface area contributed by atoms with Crippen molar-refractivity contribution in [3.05, 3.63) is 34.4 Å². The van der Waals surface area contributed by atoms with Gasteiger partial charge >= 0.3 is 0 Å². The van der Waals surface area contributed by atoms with Crippen LogP contribution < -0.4 is 10.1 Å². The first kappa shape index (κ1) is 13.7. The number of rotatable bonds is 4. The zero-order valence-electron chi connectivity index (χ0n) is 9.30. The molecule has 0 radical (unpaired) electrons. The number of nitro benzene ring substituents is 1. The summed E-state index contributed by atoms with van der Waals surface area (Å²) in [5.41, 5.74) is 0.0666. The second-order valence-electron chi connectivity index (χ2n) is 3.86. The molecule has 1 aromatic carbocycles. The van der Waals surface area contributed by atoms with E-state index in [4.69, 9.17) is 4.74 Å². The van der Waals surface area contributed by atoms with Gasteiger partial charge in [0.05, 0.1) is 11.0 Å². The number of nitrogens with zero attached hydrogens (tertiary/aromatic N) is 1. The van der Waals surface area contributed by atoms with E-state index in [2.05, 4.69) is 5.32 Å². The number of halogens is 1. The molecule has 1 aromatic rings. The second kappa shape index (κ2) is 6.42. The monoisotopic (exact) mass is 258 g/mol. The van der Waals surface area contributed by atoms with Crippen molar-refractivity contribution < 1.29 is 9.66 Å². The molecule has 0 aliphatic carbocycles. The van der Waals surface area contributed by atoms with Gasteiger partial charge in [0, 0.05) is 12.1 Å². The van der Waals surface area contributed by atoms with Crippen LogP contribution in [0.15, 0.2) is 24.3 Å². The first-order valence-corrected chi connectivity index (χ1v) is 5.36. The molecule has 0 saturated carbocycles. The van der Waals surface area contributed by atoms with Gasteiger partial charge in [-0.05, 0) is 25.5 Å². The van der Waals surface area contributed by atoms with Crippen molar-refractivity contribution in [2.75, 3.05) is 13.2 Å². The highest BCUT2D eigenvalue weighted by atomic mass is 35.5. The van der Waals surface area contributed by atoms with Crippen LogP contribution in [-0.4, -0.2) is 24.1 Å². The number of nitro groups is 1. The van der Waals surface area contributed by atoms with Crippen molar-refractivity contribution in [1.29, 1.82) is 0 Å². The topological polar surface area (TPSA) is 64.4 Å². The molecule has 1 N–H and O–H groups in total. The van der Waals surface area contributed by atoms with Gasteiger partial charge < -0.3 is 10.1 Å². The van der Waals surface area contributed by atoms with Gasteiger partial charge in [-0.25, -0.2) is 0 Å². The normalized spacial score (nSPS) is 18.5. The molecule has 1 saturated heterocycles. The van der Waals surface area contributed by atoms with Crippen molar-refractivity contribution >= 4 is 18.1 Å². The van der Waals surface area contributed by atoms with Crippen LogP contribution in [0.25, 0.3) is 0 Å². The summed E-state index contributed by atoms with van der Waals surface area (Å²) in [4.78, 5) is 10.1. The maximum absolute atomic E-state index is 10.6. The van der Waals surface area contributed by atoms with Crippen LogP contribution in [0.5, 0.6) is 5.75 Å². The Labute approximate surface area is 106 Å². The van der Waals surface area contributed by atoms with Gasteiger partial charge in [0.15, 0.2) is 0 Å². The fourth-order valence-corrected chi connectivity index (χ4v) is 1.78. The van der Waals surface area contributed by atoms with Crippen LogP contribution in [0, 0.1) is 10.1 Å². The van der Waals surface area contributed by atoms with Crippen molar-refractivity contribution in [3.8, 4) is 5.75 Å². The lowest BCUT2D eigenvalue weighted by molar-refractivity contribution is -0.384. The molecule has 0 unspecified atom stereocenters. The molecule has 17 heavy (non-hydrogen) atoms. The lowest BCUT2D eigenvalue weighted by atomic mass is 10.2. The minimum atomic E-state index is -0.416. The molecular formula is C11H15ClN2O3. The summed E-state index contributed by atoms with van der Waals surface area (Å²) in [6, 6.07) is 6.66. The third kappa shape index (κ3) is 3.87. The fourth-order valence-electron chi connectivity index (χ4n) is 1.78. The van der Waals surface area contributed by atoms with Gasteiger partial charge in [-0.3, -0.25) is 10.1 Å². The molecule has 0 amide bonds. The van der Waals surface area contributed by atoms with E-state index in [-0.39, 0.29) is 18.1 Å². The number of hydrogen-bond donors (Lipinski definition) is 1. The third-order valence-corrected chi connectivity index (χ3v) is 2.64. The quantitative estimate of drug-likeness (QED) is 0.664. The van der Waals surface area contributed by atoms with Crippen LogP contribution in [0.3, 0.4) is 0 Å². The Morgan fingerprint density at radius 2 is 2.35 bits per heavy atom. The van der Waals surface area contributed by atoms with Crippen molar-refractivity contribution in [2.24, 2.45) is 0 Å². The largest absolute Gasteiger partial charge is 0.492 e. The Morgan fingerprint density at radius 1 is 1.53 bits per heavy atom. The molecular weight excluding hydrogens is 244 g/mol. The number of non-ortho nitro benzene ring substituents is 1. The molecule has 1 aliphatic heterocycles. The van der Waals surface area contributed by atoms with E-state index in [0.717, 1.165) is 13.0 Å². The minimum absolute atomic E-state index is 0. The molecule has 1 heterocycles.